The highest BCUT2D eigenvalue weighted by Crippen LogP contribution is 2.30. The number of hydrogen-bond donors (Lipinski definition) is 3. The van der Waals surface area contributed by atoms with Crippen LogP contribution in [-0.4, -0.2) is 27.7 Å². The molecule has 3 aromatic carbocycles. The molecule has 4 rings (SSSR count). The number of nitrogens with one attached hydrogen (secondary N) is 1. The number of aliphatic hydroxyl groups is 1. The number of hydrogen-bond acceptors (Lipinski definition) is 4. The van der Waals surface area contributed by atoms with Crippen LogP contribution < -0.4 is 11.2 Å². The van der Waals surface area contributed by atoms with Crippen LogP contribution in [0.3, 0.4) is 0 Å². The summed E-state index contributed by atoms with van der Waals surface area (Å²) >= 11 is 0. The Bertz CT molecular complexity index is 1260. The summed E-state index contributed by atoms with van der Waals surface area (Å²) in [7, 11) is 0. The number of aryl methyl sites for hydroxylation is 1. The molecular formula is C26H24N4O3. The first-order valence-corrected chi connectivity index (χ1v) is 10.5. The molecule has 0 aliphatic heterocycles. The molecule has 0 bridgehead atoms. The van der Waals surface area contributed by atoms with Gasteiger partial charge in [-0.25, -0.2) is 5.43 Å². The molecule has 7 nitrogen and oxygen atoms in total. The standard InChI is InChI=1S/C26H24N4O3/c27-24(31)15-16-30-18-19(22-13-7-8-14-23(22)30)17-28-29-25(32)26(33,20-9-3-1-4-10-20)21-11-5-2-6-12-21/h1-14,17-18,33H,15-16H2,(H2,27,31)(H,29,32). The summed E-state index contributed by atoms with van der Waals surface area (Å²) in [4.78, 5) is 24.4. The third-order valence-corrected chi connectivity index (χ3v) is 5.50. The fraction of sp³-hybridized carbons (Fsp3) is 0.115. The molecule has 33 heavy (non-hydrogen) atoms. The summed E-state index contributed by atoms with van der Waals surface area (Å²) in [5, 5.41) is 16.5. The second-order valence-electron chi connectivity index (χ2n) is 7.65. The molecule has 0 atom stereocenters. The van der Waals surface area contributed by atoms with Crippen LogP contribution in [0.5, 0.6) is 0 Å². The van der Waals surface area contributed by atoms with Crippen LogP contribution in [0.2, 0.25) is 0 Å². The summed E-state index contributed by atoms with van der Waals surface area (Å²) < 4.78 is 1.92. The van der Waals surface area contributed by atoms with Crippen LogP contribution in [0, 0.1) is 0 Å². The smallest absolute Gasteiger partial charge is 0.281 e. The maximum atomic E-state index is 13.2. The average Bonchev–Trinajstić information content (AvgIpc) is 3.21. The van der Waals surface area contributed by atoms with Gasteiger partial charge in [0.2, 0.25) is 5.91 Å². The van der Waals surface area contributed by atoms with Crippen molar-refractivity contribution in [3.63, 3.8) is 0 Å². The number of fused-ring (bicyclic) bond motifs is 1. The third-order valence-electron chi connectivity index (χ3n) is 5.50. The summed E-state index contributed by atoms with van der Waals surface area (Å²) in [6.07, 6.45) is 3.59. The van der Waals surface area contributed by atoms with E-state index in [4.69, 9.17) is 5.73 Å². The summed E-state index contributed by atoms with van der Waals surface area (Å²) in [5.74, 6) is -1.05. The zero-order valence-corrected chi connectivity index (χ0v) is 17.9. The molecule has 4 aromatic rings. The van der Waals surface area contributed by atoms with Crippen LogP contribution in [-0.2, 0) is 21.7 Å². The van der Waals surface area contributed by atoms with E-state index in [1.54, 1.807) is 48.5 Å². The number of para-hydroxylation sites is 1. The molecular weight excluding hydrogens is 416 g/mol. The third kappa shape index (κ3) is 4.53. The van der Waals surface area contributed by atoms with Crippen LogP contribution >= 0.6 is 0 Å². The lowest BCUT2D eigenvalue weighted by molar-refractivity contribution is -0.136. The number of rotatable bonds is 8. The van der Waals surface area contributed by atoms with Gasteiger partial charge < -0.3 is 15.4 Å². The minimum Gasteiger partial charge on any atom is -0.372 e. The van der Waals surface area contributed by atoms with E-state index in [9.17, 15) is 14.7 Å². The van der Waals surface area contributed by atoms with Crippen LogP contribution in [0.1, 0.15) is 23.1 Å². The van der Waals surface area contributed by atoms with Crippen molar-refractivity contribution in [2.45, 2.75) is 18.6 Å². The minimum atomic E-state index is -1.91. The lowest BCUT2D eigenvalue weighted by Gasteiger charge is -2.27. The largest absolute Gasteiger partial charge is 0.372 e. The highest BCUT2D eigenvalue weighted by molar-refractivity contribution is 6.00. The number of hydrazone groups is 1. The van der Waals surface area contributed by atoms with E-state index in [2.05, 4.69) is 10.5 Å². The minimum absolute atomic E-state index is 0.215. The maximum Gasteiger partial charge on any atom is 0.281 e. The molecule has 166 valence electrons. The van der Waals surface area contributed by atoms with Gasteiger partial charge >= 0.3 is 0 Å². The fourth-order valence-corrected chi connectivity index (χ4v) is 3.82. The number of nitrogens with two attached hydrogens (primary N) is 1. The van der Waals surface area contributed by atoms with Crippen molar-refractivity contribution in [2.75, 3.05) is 0 Å². The van der Waals surface area contributed by atoms with Crippen molar-refractivity contribution in [1.82, 2.24) is 9.99 Å². The van der Waals surface area contributed by atoms with Crippen molar-refractivity contribution < 1.29 is 14.7 Å². The van der Waals surface area contributed by atoms with E-state index in [0.29, 0.717) is 17.7 Å². The van der Waals surface area contributed by atoms with Gasteiger partial charge in [-0.05, 0) is 17.2 Å². The van der Waals surface area contributed by atoms with Crippen molar-refractivity contribution in [3.05, 3.63) is 108 Å². The van der Waals surface area contributed by atoms with E-state index < -0.39 is 11.5 Å². The Morgan fingerprint density at radius 3 is 2.12 bits per heavy atom. The number of nitrogens with zero attached hydrogens (tertiary/aromatic N) is 2. The average molecular weight is 441 g/mol. The molecule has 7 heteroatoms. The monoisotopic (exact) mass is 440 g/mol. The number of amides is 2. The van der Waals surface area contributed by atoms with Gasteiger partial charge in [0.05, 0.1) is 6.21 Å². The zero-order valence-electron chi connectivity index (χ0n) is 17.9. The quantitative estimate of drug-likeness (QED) is 0.289. The molecule has 4 N–H and O–H groups in total. The van der Waals surface area contributed by atoms with Gasteiger partial charge in [-0.15, -0.1) is 0 Å². The van der Waals surface area contributed by atoms with Crippen LogP contribution in [0.15, 0.2) is 96.2 Å². The summed E-state index contributed by atoms with van der Waals surface area (Å²) in [6.45, 7) is 0.442. The van der Waals surface area contributed by atoms with Crippen molar-refractivity contribution in [3.8, 4) is 0 Å². The van der Waals surface area contributed by atoms with E-state index in [1.165, 1.54) is 6.21 Å². The summed E-state index contributed by atoms with van der Waals surface area (Å²) in [5.41, 5.74) is 8.44. The van der Waals surface area contributed by atoms with Crippen molar-refractivity contribution in [1.29, 1.82) is 0 Å². The zero-order chi connectivity index (χ0) is 23.3. The normalized spacial score (nSPS) is 11.7. The Kier molecular flexibility index (Phi) is 6.33. The molecule has 0 saturated heterocycles. The lowest BCUT2D eigenvalue weighted by atomic mass is 9.85. The maximum absolute atomic E-state index is 13.2. The van der Waals surface area contributed by atoms with Gasteiger partial charge in [0.25, 0.3) is 5.91 Å². The van der Waals surface area contributed by atoms with E-state index in [1.807, 2.05) is 47.2 Å². The summed E-state index contributed by atoms with van der Waals surface area (Å²) in [6, 6.07) is 25.2. The Balaban J connectivity index is 1.62. The second kappa shape index (κ2) is 9.50. The van der Waals surface area contributed by atoms with Gasteiger partial charge in [-0.2, -0.15) is 5.10 Å². The van der Waals surface area contributed by atoms with Gasteiger partial charge in [-0.1, -0.05) is 78.9 Å². The second-order valence-corrected chi connectivity index (χ2v) is 7.65. The first-order chi connectivity index (χ1) is 16.0. The molecule has 0 aliphatic rings. The molecule has 0 fully saturated rings. The first-order valence-electron chi connectivity index (χ1n) is 10.5. The van der Waals surface area contributed by atoms with Crippen LogP contribution in [0.4, 0.5) is 0 Å². The first kappa shape index (κ1) is 22.0. The van der Waals surface area contributed by atoms with Gasteiger partial charge in [0, 0.05) is 35.6 Å². The number of carbonyl (C=O) groups excluding carboxylic acids is 2. The Hall–Kier alpha value is -4.23. The predicted octanol–water partition coefficient (Wildman–Crippen LogP) is 2.90. The van der Waals surface area contributed by atoms with E-state index in [0.717, 1.165) is 16.5 Å². The Morgan fingerprint density at radius 2 is 1.52 bits per heavy atom. The van der Waals surface area contributed by atoms with Crippen molar-refractivity contribution in [2.24, 2.45) is 10.8 Å². The predicted molar refractivity (Wildman–Crippen MR) is 127 cm³/mol. The number of primary amides is 1. The molecule has 0 unspecified atom stereocenters. The molecule has 0 radical (unpaired) electrons. The Morgan fingerprint density at radius 1 is 0.939 bits per heavy atom. The van der Waals surface area contributed by atoms with E-state index in [-0.39, 0.29) is 12.3 Å². The molecule has 2 amide bonds. The highest BCUT2D eigenvalue weighted by Gasteiger charge is 2.39. The lowest BCUT2D eigenvalue weighted by Crippen LogP contribution is -2.43. The van der Waals surface area contributed by atoms with Crippen LogP contribution in [0.25, 0.3) is 10.9 Å². The number of aromatic nitrogens is 1. The van der Waals surface area contributed by atoms with Gasteiger partial charge in [0.1, 0.15) is 0 Å². The fourth-order valence-electron chi connectivity index (χ4n) is 3.82. The molecule has 1 heterocycles. The molecule has 0 spiro atoms. The van der Waals surface area contributed by atoms with Gasteiger partial charge in [-0.3, -0.25) is 9.59 Å². The van der Waals surface area contributed by atoms with E-state index >= 15 is 0 Å². The highest BCUT2D eigenvalue weighted by atomic mass is 16.3. The molecule has 0 aliphatic carbocycles. The van der Waals surface area contributed by atoms with Gasteiger partial charge in [0.15, 0.2) is 5.60 Å². The molecule has 1 aromatic heterocycles. The Labute approximate surface area is 191 Å². The van der Waals surface area contributed by atoms with Crippen molar-refractivity contribution >= 4 is 28.9 Å². The molecule has 0 saturated carbocycles. The number of benzene rings is 3. The SMILES string of the molecule is NC(=O)CCn1cc(C=NNC(=O)C(O)(c2ccccc2)c2ccccc2)c2ccccc21. The number of carbonyl (C=O) groups is 2. The topological polar surface area (TPSA) is 110 Å².